The maximum absolute atomic E-state index is 12.5. The molecule has 1 amide bonds. The second-order valence-corrected chi connectivity index (χ2v) is 6.12. The van der Waals surface area contributed by atoms with Crippen molar-refractivity contribution >= 4 is 11.6 Å². The molecule has 148 valence electrons. The van der Waals surface area contributed by atoms with Gasteiger partial charge in [-0.2, -0.15) is 0 Å². The highest BCUT2D eigenvalue weighted by Crippen LogP contribution is 2.25. The molecule has 29 heavy (non-hydrogen) atoms. The van der Waals surface area contributed by atoms with E-state index in [1.54, 1.807) is 30.3 Å². The summed E-state index contributed by atoms with van der Waals surface area (Å²) in [5.41, 5.74) is 0.418. The molecule has 3 aromatic carbocycles. The molecule has 0 aliphatic rings. The zero-order chi connectivity index (χ0) is 20.5. The molecule has 0 aliphatic carbocycles. The lowest BCUT2D eigenvalue weighted by atomic mass is 10.2. The zero-order valence-electron chi connectivity index (χ0n) is 15.6. The Hall–Kier alpha value is -3.87. The van der Waals surface area contributed by atoms with Gasteiger partial charge in [0.1, 0.15) is 17.2 Å². The molecule has 0 saturated carbocycles. The summed E-state index contributed by atoms with van der Waals surface area (Å²) < 4.78 is 11.3. The van der Waals surface area contributed by atoms with Crippen LogP contribution in [0, 0.1) is 10.1 Å². The van der Waals surface area contributed by atoms with E-state index in [0.717, 1.165) is 0 Å². The molecule has 0 radical (unpaired) electrons. The highest BCUT2D eigenvalue weighted by Gasteiger charge is 2.12. The Balaban J connectivity index is 1.49. The smallest absolute Gasteiger partial charge is 0.273 e. The average Bonchev–Trinajstić information content (AvgIpc) is 2.74. The number of rotatable bonds is 9. The van der Waals surface area contributed by atoms with Crippen molar-refractivity contribution in [1.82, 2.24) is 5.32 Å². The lowest BCUT2D eigenvalue weighted by molar-refractivity contribution is -0.384. The van der Waals surface area contributed by atoms with Gasteiger partial charge in [0.05, 0.1) is 23.2 Å². The summed E-state index contributed by atoms with van der Waals surface area (Å²) in [5, 5.41) is 13.6. The standard InChI is InChI=1S/C22H20N2O5/c25-22(20-12-4-5-13-21(20)29-18-9-2-1-3-10-18)23-14-7-15-28-19-11-6-8-17(16-19)24(26)27/h1-6,8-13,16H,7,14-15H2,(H,23,25). The predicted octanol–water partition coefficient (Wildman–Crippen LogP) is 4.59. The summed E-state index contributed by atoms with van der Waals surface area (Å²) in [6.07, 6.45) is 0.552. The lowest BCUT2D eigenvalue weighted by Gasteiger charge is -2.11. The molecule has 0 fully saturated rings. The Labute approximate surface area is 168 Å². The van der Waals surface area contributed by atoms with Crippen LogP contribution < -0.4 is 14.8 Å². The van der Waals surface area contributed by atoms with Gasteiger partial charge in [0.15, 0.2) is 0 Å². The number of nitro groups is 1. The highest BCUT2D eigenvalue weighted by molar-refractivity contribution is 5.97. The van der Waals surface area contributed by atoms with Crippen LogP contribution in [0.5, 0.6) is 17.2 Å². The number of ether oxygens (including phenoxy) is 2. The van der Waals surface area contributed by atoms with Gasteiger partial charge >= 0.3 is 0 Å². The van der Waals surface area contributed by atoms with E-state index in [1.807, 2.05) is 36.4 Å². The van der Waals surface area contributed by atoms with E-state index in [1.165, 1.54) is 12.1 Å². The number of hydrogen-bond donors (Lipinski definition) is 1. The monoisotopic (exact) mass is 392 g/mol. The minimum Gasteiger partial charge on any atom is -0.493 e. The molecule has 0 aliphatic heterocycles. The molecule has 0 unspecified atom stereocenters. The number of amides is 1. The van der Waals surface area contributed by atoms with E-state index in [2.05, 4.69) is 5.32 Å². The van der Waals surface area contributed by atoms with Gasteiger partial charge in [-0.25, -0.2) is 0 Å². The first-order valence-corrected chi connectivity index (χ1v) is 9.11. The van der Waals surface area contributed by atoms with Crippen molar-refractivity contribution in [1.29, 1.82) is 0 Å². The van der Waals surface area contributed by atoms with E-state index in [9.17, 15) is 14.9 Å². The first-order valence-electron chi connectivity index (χ1n) is 9.11. The first kappa shape index (κ1) is 19.9. The molecule has 0 saturated heterocycles. The van der Waals surface area contributed by atoms with E-state index in [0.29, 0.717) is 42.4 Å². The molecule has 0 spiro atoms. The minimum atomic E-state index is -0.470. The van der Waals surface area contributed by atoms with Crippen molar-refractivity contribution in [2.75, 3.05) is 13.2 Å². The number of benzene rings is 3. The minimum absolute atomic E-state index is 0.0224. The van der Waals surface area contributed by atoms with Gasteiger partial charge < -0.3 is 14.8 Å². The van der Waals surface area contributed by atoms with Gasteiger partial charge in [-0.3, -0.25) is 14.9 Å². The van der Waals surface area contributed by atoms with E-state index in [-0.39, 0.29) is 11.6 Å². The normalized spacial score (nSPS) is 10.2. The van der Waals surface area contributed by atoms with Gasteiger partial charge in [0.2, 0.25) is 0 Å². The average molecular weight is 392 g/mol. The molecule has 0 bridgehead atoms. The molecule has 1 N–H and O–H groups in total. The molecule has 7 nitrogen and oxygen atoms in total. The van der Waals surface area contributed by atoms with E-state index in [4.69, 9.17) is 9.47 Å². The van der Waals surface area contributed by atoms with E-state index >= 15 is 0 Å². The highest BCUT2D eigenvalue weighted by atomic mass is 16.6. The van der Waals surface area contributed by atoms with Gasteiger partial charge in [0, 0.05) is 12.6 Å². The van der Waals surface area contributed by atoms with Crippen molar-refractivity contribution in [3.05, 3.63) is 94.5 Å². The molecule has 0 atom stereocenters. The molecule has 0 heterocycles. The Kier molecular flexibility index (Phi) is 6.78. The van der Waals surface area contributed by atoms with Gasteiger partial charge in [-0.05, 0) is 36.8 Å². The molecule has 3 aromatic rings. The second-order valence-electron chi connectivity index (χ2n) is 6.12. The van der Waals surface area contributed by atoms with Crippen LogP contribution in [0.1, 0.15) is 16.8 Å². The third-order valence-electron chi connectivity index (χ3n) is 4.01. The molecular formula is C22H20N2O5. The summed E-state index contributed by atoms with van der Waals surface area (Å²) in [6, 6.07) is 22.3. The van der Waals surface area contributed by atoms with Crippen LogP contribution in [0.3, 0.4) is 0 Å². The SMILES string of the molecule is O=C(NCCCOc1cccc([N+](=O)[O-])c1)c1ccccc1Oc1ccccc1. The summed E-state index contributed by atoms with van der Waals surface area (Å²) in [7, 11) is 0. The largest absolute Gasteiger partial charge is 0.493 e. The summed E-state index contributed by atoms with van der Waals surface area (Å²) >= 11 is 0. The fourth-order valence-electron chi connectivity index (χ4n) is 2.60. The van der Waals surface area contributed by atoms with Crippen LogP contribution in [0.15, 0.2) is 78.9 Å². The predicted molar refractivity (Wildman–Crippen MR) is 108 cm³/mol. The lowest BCUT2D eigenvalue weighted by Crippen LogP contribution is -2.25. The van der Waals surface area contributed by atoms with Crippen LogP contribution in [-0.2, 0) is 0 Å². The number of nitrogens with one attached hydrogen (secondary N) is 1. The number of non-ortho nitro benzene ring substituents is 1. The number of nitro benzene ring substituents is 1. The number of carbonyl (C=O) groups is 1. The van der Waals surface area contributed by atoms with Crippen LogP contribution >= 0.6 is 0 Å². The van der Waals surface area contributed by atoms with E-state index < -0.39 is 4.92 Å². The third-order valence-corrected chi connectivity index (χ3v) is 4.01. The van der Waals surface area contributed by atoms with Gasteiger partial charge in [-0.1, -0.05) is 36.4 Å². The van der Waals surface area contributed by atoms with Crippen molar-refractivity contribution < 1.29 is 19.2 Å². The van der Waals surface area contributed by atoms with Crippen LogP contribution in [-0.4, -0.2) is 24.0 Å². The maximum Gasteiger partial charge on any atom is 0.273 e. The maximum atomic E-state index is 12.5. The second kappa shape index (κ2) is 9.89. The Morgan fingerprint density at radius 3 is 2.45 bits per heavy atom. The number of carbonyl (C=O) groups excluding carboxylic acids is 1. The molecule has 7 heteroatoms. The number of para-hydroxylation sites is 2. The van der Waals surface area contributed by atoms with Crippen molar-refractivity contribution in [2.24, 2.45) is 0 Å². The number of hydrogen-bond acceptors (Lipinski definition) is 5. The first-order chi connectivity index (χ1) is 14.1. The van der Waals surface area contributed by atoms with Crippen molar-refractivity contribution in [3.63, 3.8) is 0 Å². The molecule has 3 rings (SSSR count). The zero-order valence-corrected chi connectivity index (χ0v) is 15.6. The van der Waals surface area contributed by atoms with Gasteiger partial charge in [-0.15, -0.1) is 0 Å². The van der Waals surface area contributed by atoms with Crippen LogP contribution in [0.25, 0.3) is 0 Å². The summed E-state index contributed by atoms with van der Waals surface area (Å²) in [4.78, 5) is 22.8. The van der Waals surface area contributed by atoms with Crippen LogP contribution in [0.2, 0.25) is 0 Å². The quantitative estimate of drug-likeness (QED) is 0.327. The molecule has 0 aromatic heterocycles. The molecular weight excluding hydrogens is 372 g/mol. The van der Waals surface area contributed by atoms with Gasteiger partial charge in [0.25, 0.3) is 11.6 Å². The number of nitrogens with zero attached hydrogens (tertiary/aromatic N) is 1. The third kappa shape index (κ3) is 5.80. The van der Waals surface area contributed by atoms with Crippen molar-refractivity contribution in [2.45, 2.75) is 6.42 Å². The Bertz CT molecular complexity index is 976. The summed E-state index contributed by atoms with van der Waals surface area (Å²) in [5.74, 6) is 1.31. The Morgan fingerprint density at radius 1 is 0.931 bits per heavy atom. The van der Waals surface area contributed by atoms with Crippen LogP contribution in [0.4, 0.5) is 5.69 Å². The fraction of sp³-hybridized carbons (Fsp3) is 0.136. The Morgan fingerprint density at radius 2 is 1.66 bits per heavy atom. The topological polar surface area (TPSA) is 90.7 Å². The fourth-order valence-corrected chi connectivity index (χ4v) is 2.60. The van der Waals surface area contributed by atoms with Crippen molar-refractivity contribution in [3.8, 4) is 17.2 Å². The summed E-state index contributed by atoms with van der Waals surface area (Å²) in [6.45, 7) is 0.719.